The van der Waals surface area contributed by atoms with Gasteiger partial charge < -0.3 is 19.9 Å². The summed E-state index contributed by atoms with van der Waals surface area (Å²) in [6, 6.07) is 25.0. The zero-order chi connectivity index (χ0) is 21.6. The van der Waals surface area contributed by atoms with Crippen molar-refractivity contribution in [3.63, 3.8) is 0 Å². The largest absolute Gasteiger partial charge is 0.480 e. The van der Waals surface area contributed by atoms with E-state index in [1.165, 1.54) is 0 Å². The van der Waals surface area contributed by atoms with E-state index < -0.39 is 24.7 Å². The molecule has 1 atom stereocenters. The number of alkyl carbamates (subject to hydrolysis) is 1. The van der Waals surface area contributed by atoms with Crippen LogP contribution in [0.2, 0.25) is 0 Å². The minimum absolute atomic E-state index is 0.0283. The van der Waals surface area contributed by atoms with Crippen molar-refractivity contribution in [1.82, 2.24) is 5.32 Å². The Kier molecular flexibility index (Phi) is 6.29. The second-order valence-electron chi connectivity index (χ2n) is 7.34. The van der Waals surface area contributed by atoms with Gasteiger partial charge in [0.1, 0.15) is 13.2 Å². The quantitative estimate of drug-likeness (QED) is 0.569. The maximum atomic E-state index is 12.6. The standard InChI is InChI=1S/C25H23NO5/c27-24(28)16-30-15-23(17-8-2-1-3-9-17)26-25(29)31-14-22-20-12-6-4-10-18(20)19-11-5-7-13-21(19)22/h1-13,22-23H,14-16H2,(H,26,29)(H,27,28). The molecule has 1 aliphatic carbocycles. The Morgan fingerprint density at radius 3 is 2.06 bits per heavy atom. The lowest BCUT2D eigenvalue weighted by Gasteiger charge is -2.20. The van der Waals surface area contributed by atoms with E-state index in [0.29, 0.717) is 0 Å². The third-order valence-corrected chi connectivity index (χ3v) is 5.35. The Balaban J connectivity index is 1.43. The molecular weight excluding hydrogens is 394 g/mol. The van der Waals surface area contributed by atoms with Crippen LogP contribution in [-0.4, -0.2) is 37.0 Å². The molecule has 6 nitrogen and oxygen atoms in total. The molecule has 0 aliphatic heterocycles. The Hall–Kier alpha value is -3.64. The van der Waals surface area contributed by atoms with Crippen molar-refractivity contribution >= 4 is 12.1 Å². The number of rotatable bonds is 8. The number of carbonyl (C=O) groups is 2. The van der Waals surface area contributed by atoms with Gasteiger partial charge in [-0.25, -0.2) is 9.59 Å². The second kappa shape index (κ2) is 9.45. The van der Waals surface area contributed by atoms with Crippen molar-refractivity contribution in [2.75, 3.05) is 19.8 Å². The van der Waals surface area contributed by atoms with E-state index in [1.54, 1.807) is 0 Å². The maximum Gasteiger partial charge on any atom is 0.407 e. The number of carboxylic acids is 1. The fourth-order valence-electron chi connectivity index (χ4n) is 3.95. The van der Waals surface area contributed by atoms with Crippen molar-refractivity contribution in [2.24, 2.45) is 0 Å². The van der Waals surface area contributed by atoms with E-state index in [9.17, 15) is 9.59 Å². The Morgan fingerprint density at radius 1 is 0.871 bits per heavy atom. The van der Waals surface area contributed by atoms with Gasteiger partial charge in [-0.3, -0.25) is 0 Å². The average molecular weight is 417 g/mol. The first-order valence-corrected chi connectivity index (χ1v) is 10.1. The monoisotopic (exact) mass is 417 g/mol. The molecule has 0 spiro atoms. The second-order valence-corrected chi connectivity index (χ2v) is 7.34. The highest BCUT2D eigenvalue weighted by atomic mass is 16.5. The van der Waals surface area contributed by atoms with Crippen molar-refractivity contribution in [3.8, 4) is 11.1 Å². The first-order valence-electron chi connectivity index (χ1n) is 10.1. The lowest BCUT2D eigenvalue weighted by molar-refractivity contribution is -0.142. The van der Waals surface area contributed by atoms with Gasteiger partial charge in [-0.1, -0.05) is 78.9 Å². The summed E-state index contributed by atoms with van der Waals surface area (Å²) < 4.78 is 10.8. The minimum atomic E-state index is -1.06. The number of amides is 1. The highest BCUT2D eigenvalue weighted by Gasteiger charge is 2.29. The molecule has 0 aromatic heterocycles. The van der Waals surface area contributed by atoms with Crippen LogP contribution in [0.15, 0.2) is 78.9 Å². The number of fused-ring (bicyclic) bond motifs is 3. The molecule has 0 saturated carbocycles. The SMILES string of the molecule is O=C(O)COCC(NC(=O)OCC1c2ccccc2-c2ccccc21)c1ccccc1. The molecule has 1 aliphatic rings. The van der Waals surface area contributed by atoms with Gasteiger partial charge in [-0.2, -0.15) is 0 Å². The summed E-state index contributed by atoms with van der Waals surface area (Å²) >= 11 is 0. The first kappa shape index (κ1) is 20.6. The molecule has 6 heteroatoms. The molecule has 0 radical (unpaired) electrons. The summed E-state index contributed by atoms with van der Waals surface area (Å²) in [5.74, 6) is -1.09. The van der Waals surface area contributed by atoms with Crippen LogP contribution in [0.3, 0.4) is 0 Å². The summed E-state index contributed by atoms with van der Waals surface area (Å²) in [6.45, 7) is -0.201. The van der Waals surface area contributed by atoms with Crippen LogP contribution in [0.25, 0.3) is 11.1 Å². The van der Waals surface area contributed by atoms with Crippen molar-refractivity contribution < 1.29 is 24.2 Å². The fraction of sp³-hybridized carbons (Fsp3) is 0.200. The predicted molar refractivity (Wildman–Crippen MR) is 116 cm³/mol. The lowest BCUT2D eigenvalue weighted by Crippen LogP contribution is -2.33. The lowest BCUT2D eigenvalue weighted by atomic mass is 9.98. The van der Waals surface area contributed by atoms with E-state index >= 15 is 0 Å². The third kappa shape index (κ3) is 4.75. The van der Waals surface area contributed by atoms with Crippen LogP contribution in [-0.2, 0) is 14.3 Å². The van der Waals surface area contributed by atoms with Gasteiger partial charge in [0.2, 0.25) is 0 Å². The summed E-state index contributed by atoms with van der Waals surface area (Å²) in [4.78, 5) is 23.4. The minimum Gasteiger partial charge on any atom is -0.480 e. The molecule has 4 rings (SSSR count). The van der Waals surface area contributed by atoms with Gasteiger partial charge >= 0.3 is 12.1 Å². The summed E-state index contributed by atoms with van der Waals surface area (Å²) in [7, 11) is 0. The molecule has 31 heavy (non-hydrogen) atoms. The van der Waals surface area contributed by atoms with Crippen LogP contribution >= 0.6 is 0 Å². The highest BCUT2D eigenvalue weighted by molar-refractivity contribution is 5.79. The van der Waals surface area contributed by atoms with Gasteiger partial charge in [0, 0.05) is 5.92 Å². The van der Waals surface area contributed by atoms with Crippen LogP contribution in [0.1, 0.15) is 28.7 Å². The van der Waals surface area contributed by atoms with Gasteiger partial charge in [-0.15, -0.1) is 0 Å². The average Bonchev–Trinajstić information content (AvgIpc) is 3.11. The van der Waals surface area contributed by atoms with E-state index in [1.807, 2.05) is 54.6 Å². The van der Waals surface area contributed by atoms with Crippen molar-refractivity contribution in [2.45, 2.75) is 12.0 Å². The Morgan fingerprint density at radius 2 is 1.45 bits per heavy atom. The van der Waals surface area contributed by atoms with Gasteiger partial charge in [0.15, 0.2) is 0 Å². The number of carboxylic acid groups (broad SMARTS) is 1. The number of nitrogens with one attached hydrogen (secondary N) is 1. The number of carbonyl (C=O) groups excluding carboxylic acids is 1. The van der Waals surface area contributed by atoms with E-state index in [0.717, 1.165) is 27.8 Å². The number of aliphatic carboxylic acids is 1. The molecular formula is C25H23NO5. The molecule has 0 bridgehead atoms. The summed E-state index contributed by atoms with van der Waals surface area (Å²) in [5, 5.41) is 11.6. The normalized spacial score (nSPS) is 13.2. The van der Waals surface area contributed by atoms with Gasteiger partial charge in [0.05, 0.1) is 12.6 Å². The molecule has 3 aromatic rings. The van der Waals surface area contributed by atoms with Crippen molar-refractivity contribution in [1.29, 1.82) is 0 Å². The number of ether oxygens (including phenoxy) is 2. The predicted octanol–water partition coefficient (Wildman–Crippen LogP) is 4.37. The zero-order valence-corrected chi connectivity index (χ0v) is 16.9. The molecule has 2 N–H and O–H groups in total. The van der Waals surface area contributed by atoms with Gasteiger partial charge in [0.25, 0.3) is 0 Å². The van der Waals surface area contributed by atoms with Gasteiger partial charge in [-0.05, 0) is 27.8 Å². The summed E-state index contributed by atoms with van der Waals surface area (Å²) in [5.41, 5.74) is 5.41. The first-order chi connectivity index (χ1) is 15.1. The number of hydrogen-bond acceptors (Lipinski definition) is 4. The van der Waals surface area contributed by atoms with Crippen LogP contribution in [0.5, 0.6) is 0 Å². The summed E-state index contributed by atoms with van der Waals surface area (Å²) in [6.07, 6.45) is -0.574. The third-order valence-electron chi connectivity index (χ3n) is 5.35. The van der Waals surface area contributed by atoms with E-state index in [2.05, 4.69) is 29.6 Å². The number of benzene rings is 3. The topological polar surface area (TPSA) is 84.9 Å². The fourth-order valence-corrected chi connectivity index (χ4v) is 3.95. The maximum absolute atomic E-state index is 12.6. The molecule has 3 aromatic carbocycles. The Bertz CT molecular complexity index is 1020. The molecule has 0 saturated heterocycles. The van der Waals surface area contributed by atoms with Crippen LogP contribution in [0, 0.1) is 0 Å². The molecule has 0 heterocycles. The van der Waals surface area contributed by atoms with Crippen LogP contribution < -0.4 is 5.32 Å². The molecule has 158 valence electrons. The number of hydrogen-bond donors (Lipinski definition) is 2. The zero-order valence-electron chi connectivity index (χ0n) is 16.9. The highest BCUT2D eigenvalue weighted by Crippen LogP contribution is 2.44. The van der Waals surface area contributed by atoms with E-state index in [-0.39, 0.29) is 19.1 Å². The molecule has 1 unspecified atom stereocenters. The smallest absolute Gasteiger partial charge is 0.407 e. The van der Waals surface area contributed by atoms with Crippen LogP contribution in [0.4, 0.5) is 4.79 Å². The molecule has 0 fully saturated rings. The molecule has 1 amide bonds. The van der Waals surface area contributed by atoms with E-state index in [4.69, 9.17) is 14.6 Å². The Labute approximate surface area is 180 Å². The van der Waals surface area contributed by atoms with Crippen molar-refractivity contribution in [3.05, 3.63) is 95.6 Å².